The first-order valence-electron chi connectivity index (χ1n) is 5.99. The number of benzene rings is 1. The molecule has 1 heterocycles. The molecular weight excluding hydrogens is 279 g/mol. The van der Waals surface area contributed by atoms with Gasteiger partial charge in [0.1, 0.15) is 0 Å². The molecule has 1 saturated heterocycles. The van der Waals surface area contributed by atoms with E-state index < -0.39 is 11.7 Å². The van der Waals surface area contributed by atoms with Gasteiger partial charge in [-0.3, -0.25) is 0 Å². The molecule has 0 saturated carbocycles. The van der Waals surface area contributed by atoms with E-state index in [1.807, 2.05) is 0 Å². The highest BCUT2D eigenvalue weighted by molar-refractivity contribution is 5.85. The standard InChI is InChI=1S/C13H16F3NO.ClH/c14-13(15,16)11-3-1-9(2-4-11)12(17)10-5-7-18-8-6-10;/h1-4,10,12H,5-8,17H2;1H/t12-;/m1./s1. The second-order valence-corrected chi connectivity index (χ2v) is 4.60. The molecule has 1 aliphatic heterocycles. The molecule has 1 aromatic carbocycles. The van der Waals surface area contributed by atoms with Gasteiger partial charge in [0.2, 0.25) is 0 Å². The number of ether oxygens (including phenoxy) is 1. The maximum Gasteiger partial charge on any atom is 0.416 e. The number of nitrogens with two attached hydrogens (primary N) is 1. The van der Waals surface area contributed by atoms with Gasteiger partial charge in [-0.1, -0.05) is 12.1 Å². The summed E-state index contributed by atoms with van der Waals surface area (Å²) < 4.78 is 42.5. The van der Waals surface area contributed by atoms with E-state index in [9.17, 15) is 13.2 Å². The Labute approximate surface area is 116 Å². The van der Waals surface area contributed by atoms with Crippen molar-refractivity contribution >= 4 is 12.4 Å². The molecule has 0 radical (unpaired) electrons. The summed E-state index contributed by atoms with van der Waals surface area (Å²) in [5, 5.41) is 0. The first-order valence-corrected chi connectivity index (χ1v) is 5.99. The van der Waals surface area contributed by atoms with E-state index in [1.54, 1.807) is 0 Å². The van der Waals surface area contributed by atoms with Crippen LogP contribution >= 0.6 is 12.4 Å². The molecule has 0 unspecified atom stereocenters. The van der Waals surface area contributed by atoms with E-state index in [0.29, 0.717) is 13.2 Å². The molecule has 0 aliphatic carbocycles. The average molecular weight is 296 g/mol. The molecule has 1 atom stereocenters. The van der Waals surface area contributed by atoms with Gasteiger partial charge in [-0.15, -0.1) is 12.4 Å². The fourth-order valence-corrected chi connectivity index (χ4v) is 2.24. The molecule has 0 aromatic heterocycles. The zero-order valence-corrected chi connectivity index (χ0v) is 11.1. The lowest BCUT2D eigenvalue weighted by Crippen LogP contribution is -2.27. The van der Waals surface area contributed by atoms with Crippen LogP contribution in [-0.2, 0) is 10.9 Å². The molecule has 0 spiro atoms. The van der Waals surface area contributed by atoms with Gasteiger partial charge in [-0.05, 0) is 36.5 Å². The normalized spacial score (nSPS) is 18.7. The van der Waals surface area contributed by atoms with Crippen LogP contribution in [0.5, 0.6) is 0 Å². The van der Waals surface area contributed by atoms with Crippen LogP contribution in [0.3, 0.4) is 0 Å². The van der Waals surface area contributed by atoms with Crippen LogP contribution in [0, 0.1) is 5.92 Å². The van der Waals surface area contributed by atoms with Crippen molar-refractivity contribution in [1.29, 1.82) is 0 Å². The van der Waals surface area contributed by atoms with Crippen LogP contribution in [0.2, 0.25) is 0 Å². The molecule has 1 fully saturated rings. The van der Waals surface area contributed by atoms with Crippen LogP contribution in [-0.4, -0.2) is 13.2 Å². The van der Waals surface area contributed by atoms with E-state index in [0.717, 1.165) is 30.5 Å². The summed E-state index contributed by atoms with van der Waals surface area (Å²) >= 11 is 0. The van der Waals surface area contributed by atoms with Gasteiger partial charge in [-0.25, -0.2) is 0 Å². The third-order valence-corrected chi connectivity index (χ3v) is 3.40. The van der Waals surface area contributed by atoms with Gasteiger partial charge in [0.15, 0.2) is 0 Å². The quantitative estimate of drug-likeness (QED) is 0.905. The fourth-order valence-electron chi connectivity index (χ4n) is 2.24. The summed E-state index contributed by atoms with van der Waals surface area (Å²) in [6, 6.07) is 4.92. The van der Waals surface area contributed by atoms with Crippen LogP contribution in [0.15, 0.2) is 24.3 Å². The first-order chi connectivity index (χ1) is 8.48. The topological polar surface area (TPSA) is 35.2 Å². The summed E-state index contributed by atoms with van der Waals surface area (Å²) in [5.41, 5.74) is 6.22. The second-order valence-electron chi connectivity index (χ2n) is 4.60. The van der Waals surface area contributed by atoms with Crippen LogP contribution in [0.4, 0.5) is 13.2 Å². The highest BCUT2D eigenvalue weighted by Crippen LogP contribution is 2.32. The van der Waals surface area contributed by atoms with E-state index in [2.05, 4.69) is 0 Å². The summed E-state index contributed by atoms with van der Waals surface area (Å²) in [7, 11) is 0. The molecule has 0 bridgehead atoms. The van der Waals surface area contributed by atoms with Crippen LogP contribution in [0.25, 0.3) is 0 Å². The Morgan fingerprint density at radius 2 is 1.63 bits per heavy atom. The van der Waals surface area contributed by atoms with Crippen molar-refractivity contribution in [2.24, 2.45) is 11.7 Å². The van der Waals surface area contributed by atoms with Crippen molar-refractivity contribution < 1.29 is 17.9 Å². The van der Waals surface area contributed by atoms with Crippen molar-refractivity contribution in [2.45, 2.75) is 25.1 Å². The first kappa shape index (κ1) is 16.3. The summed E-state index contributed by atoms with van der Waals surface area (Å²) in [4.78, 5) is 0. The summed E-state index contributed by atoms with van der Waals surface area (Å²) in [6.45, 7) is 1.36. The molecule has 2 N–H and O–H groups in total. The molecule has 6 heteroatoms. The smallest absolute Gasteiger partial charge is 0.381 e. The van der Waals surface area contributed by atoms with E-state index >= 15 is 0 Å². The van der Waals surface area contributed by atoms with Crippen molar-refractivity contribution in [1.82, 2.24) is 0 Å². The van der Waals surface area contributed by atoms with Gasteiger partial charge >= 0.3 is 6.18 Å². The number of hydrogen-bond donors (Lipinski definition) is 1. The predicted octanol–water partition coefficient (Wildman–Crippen LogP) is 3.55. The Kier molecular flexibility index (Phi) is 5.64. The zero-order chi connectivity index (χ0) is 13.2. The number of halogens is 4. The monoisotopic (exact) mass is 295 g/mol. The maximum atomic E-state index is 12.4. The van der Waals surface area contributed by atoms with Crippen LogP contribution in [0.1, 0.15) is 30.0 Å². The number of hydrogen-bond acceptors (Lipinski definition) is 2. The van der Waals surface area contributed by atoms with Gasteiger partial charge in [-0.2, -0.15) is 13.2 Å². The highest BCUT2D eigenvalue weighted by atomic mass is 35.5. The molecular formula is C13H17ClF3NO. The summed E-state index contributed by atoms with van der Waals surface area (Å²) in [5.74, 6) is 0.287. The lowest BCUT2D eigenvalue weighted by Gasteiger charge is -2.28. The third-order valence-electron chi connectivity index (χ3n) is 3.40. The number of alkyl halides is 3. The highest BCUT2D eigenvalue weighted by Gasteiger charge is 2.30. The van der Waals surface area contributed by atoms with Crippen molar-refractivity contribution in [3.05, 3.63) is 35.4 Å². The Balaban J connectivity index is 0.00000180. The summed E-state index contributed by atoms with van der Waals surface area (Å²) in [6.07, 6.45) is -2.56. The van der Waals surface area contributed by atoms with Crippen LogP contribution < -0.4 is 5.73 Å². The van der Waals surface area contributed by atoms with Gasteiger partial charge in [0.05, 0.1) is 5.56 Å². The van der Waals surface area contributed by atoms with Gasteiger partial charge in [0, 0.05) is 19.3 Å². The van der Waals surface area contributed by atoms with E-state index in [-0.39, 0.29) is 24.4 Å². The Morgan fingerprint density at radius 3 is 2.11 bits per heavy atom. The molecule has 1 aromatic rings. The lowest BCUT2D eigenvalue weighted by atomic mass is 9.87. The Hall–Kier alpha value is -0.780. The molecule has 0 amide bonds. The average Bonchev–Trinajstić information content (AvgIpc) is 2.38. The molecule has 108 valence electrons. The van der Waals surface area contributed by atoms with Crippen molar-refractivity contribution in [2.75, 3.05) is 13.2 Å². The maximum absolute atomic E-state index is 12.4. The minimum absolute atomic E-state index is 0. The van der Waals surface area contributed by atoms with Gasteiger partial charge in [0.25, 0.3) is 0 Å². The minimum Gasteiger partial charge on any atom is -0.381 e. The minimum atomic E-state index is -4.29. The molecule has 2 rings (SSSR count). The fraction of sp³-hybridized carbons (Fsp3) is 0.538. The zero-order valence-electron chi connectivity index (χ0n) is 10.3. The second kappa shape index (κ2) is 6.59. The molecule has 19 heavy (non-hydrogen) atoms. The molecule has 2 nitrogen and oxygen atoms in total. The Morgan fingerprint density at radius 1 is 1.11 bits per heavy atom. The number of rotatable bonds is 2. The molecule has 1 aliphatic rings. The predicted molar refractivity (Wildman–Crippen MR) is 69.2 cm³/mol. The lowest BCUT2D eigenvalue weighted by molar-refractivity contribution is -0.137. The Bertz CT molecular complexity index is 388. The van der Waals surface area contributed by atoms with E-state index in [4.69, 9.17) is 10.5 Å². The van der Waals surface area contributed by atoms with Crippen molar-refractivity contribution in [3.8, 4) is 0 Å². The third kappa shape index (κ3) is 4.09. The van der Waals surface area contributed by atoms with Gasteiger partial charge < -0.3 is 10.5 Å². The SMILES string of the molecule is Cl.N[C@H](c1ccc(C(F)(F)F)cc1)C1CCOCC1. The van der Waals surface area contributed by atoms with Crippen molar-refractivity contribution in [3.63, 3.8) is 0 Å². The van der Waals surface area contributed by atoms with E-state index in [1.165, 1.54) is 12.1 Å². The largest absolute Gasteiger partial charge is 0.416 e.